The van der Waals surface area contributed by atoms with Crippen LogP contribution in [0, 0.1) is 5.92 Å². The van der Waals surface area contributed by atoms with Gasteiger partial charge in [-0.3, -0.25) is 4.79 Å². The van der Waals surface area contributed by atoms with Crippen LogP contribution in [0.15, 0.2) is 18.3 Å². The highest BCUT2D eigenvalue weighted by atomic mass is 16.1. The van der Waals surface area contributed by atoms with E-state index in [4.69, 9.17) is 5.73 Å². The Kier molecular flexibility index (Phi) is 2.99. The molecule has 0 atom stereocenters. The van der Waals surface area contributed by atoms with Crippen LogP contribution in [-0.2, 0) is 11.2 Å². The van der Waals surface area contributed by atoms with Crippen molar-refractivity contribution < 1.29 is 4.79 Å². The van der Waals surface area contributed by atoms with Gasteiger partial charge in [0.1, 0.15) is 11.6 Å². The topological polar surface area (TPSA) is 56.0 Å². The van der Waals surface area contributed by atoms with Gasteiger partial charge in [0.25, 0.3) is 0 Å². The highest BCUT2D eigenvalue weighted by Crippen LogP contribution is 2.31. The van der Waals surface area contributed by atoms with Crippen molar-refractivity contribution in [2.24, 2.45) is 5.92 Å². The van der Waals surface area contributed by atoms with E-state index in [1.807, 2.05) is 12.1 Å². The van der Waals surface area contributed by atoms with Gasteiger partial charge in [-0.05, 0) is 37.3 Å². The molecule has 0 amide bonds. The summed E-state index contributed by atoms with van der Waals surface area (Å²) in [6.45, 7) is 0. The molecule has 1 aliphatic carbocycles. The average molecular weight is 204 g/mol. The molecule has 0 unspecified atom stereocenters. The molecule has 1 saturated carbocycles. The Morgan fingerprint density at radius 2 is 2.33 bits per heavy atom. The summed E-state index contributed by atoms with van der Waals surface area (Å²) in [6.07, 6.45) is 6.35. The molecule has 0 spiro atoms. The van der Waals surface area contributed by atoms with E-state index in [9.17, 15) is 4.79 Å². The highest BCUT2D eigenvalue weighted by molar-refractivity contribution is 5.83. The van der Waals surface area contributed by atoms with Crippen LogP contribution < -0.4 is 5.73 Å². The van der Waals surface area contributed by atoms with E-state index >= 15 is 0 Å². The number of hydrogen-bond acceptors (Lipinski definition) is 3. The lowest BCUT2D eigenvalue weighted by Gasteiger charge is -2.03. The van der Waals surface area contributed by atoms with Crippen LogP contribution in [0.4, 0.5) is 5.82 Å². The number of aryl methyl sites for hydroxylation is 1. The lowest BCUT2D eigenvalue weighted by molar-refractivity contribution is -0.120. The Morgan fingerprint density at radius 3 is 3.00 bits per heavy atom. The molecule has 0 saturated heterocycles. The monoisotopic (exact) mass is 204 g/mol. The van der Waals surface area contributed by atoms with Crippen LogP contribution >= 0.6 is 0 Å². The normalized spacial score (nSPS) is 15.2. The summed E-state index contributed by atoms with van der Waals surface area (Å²) >= 11 is 0. The summed E-state index contributed by atoms with van der Waals surface area (Å²) in [7, 11) is 0. The molecule has 1 aromatic rings. The van der Waals surface area contributed by atoms with Gasteiger partial charge in [-0.2, -0.15) is 0 Å². The van der Waals surface area contributed by atoms with Crippen LogP contribution in [0.5, 0.6) is 0 Å². The van der Waals surface area contributed by atoms with E-state index < -0.39 is 0 Å². The molecule has 0 radical (unpaired) electrons. The molecule has 1 heterocycles. The molecule has 3 nitrogen and oxygen atoms in total. The molecule has 0 aliphatic heterocycles. The van der Waals surface area contributed by atoms with Gasteiger partial charge in [0.15, 0.2) is 0 Å². The van der Waals surface area contributed by atoms with Gasteiger partial charge in [-0.15, -0.1) is 0 Å². The van der Waals surface area contributed by atoms with Crippen molar-refractivity contribution in [2.45, 2.75) is 32.1 Å². The number of carbonyl (C=O) groups is 1. The number of rotatable bonds is 5. The number of Topliss-reactive ketones (excluding diaryl/α,β-unsaturated/α-hetero) is 1. The molecule has 15 heavy (non-hydrogen) atoms. The maximum atomic E-state index is 11.4. The molecule has 0 aromatic carbocycles. The Hall–Kier alpha value is -1.38. The zero-order valence-electron chi connectivity index (χ0n) is 8.78. The summed E-state index contributed by atoms with van der Waals surface area (Å²) in [6, 6.07) is 3.86. The van der Waals surface area contributed by atoms with Gasteiger partial charge in [0.05, 0.1) is 0 Å². The average Bonchev–Trinajstić information content (AvgIpc) is 3.04. The number of nitrogen functional groups attached to an aromatic ring is 1. The standard InChI is InChI=1S/C12H16N2O/c13-12-10(4-2-8-14-12)3-1-5-11(15)9-6-7-9/h2,4,8-9H,1,3,5-7H2,(H2,13,14). The van der Waals surface area contributed by atoms with Gasteiger partial charge in [0, 0.05) is 18.5 Å². The molecule has 2 rings (SSSR count). The zero-order valence-corrected chi connectivity index (χ0v) is 8.78. The Labute approximate surface area is 89.7 Å². The van der Waals surface area contributed by atoms with Gasteiger partial charge < -0.3 is 5.73 Å². The van der Waals surface area contributed by atoms with E-state index in [0.717, 1.165) is 31.2 Å². The highest BCUT2D eigenvalue weighted by Gasteiger charge is 2.28. The fourth-order valence-electron chi connectivity index (χ4n) is 1.72. The molecule has 1 fully saturated rings. The van der Waals surface area contributed by atoms with Gasteiger partial charge in [-0.1, -0.05) is 6.07 Å². The summed E-state index contributed by atoms with van der Waals surface area (Å²) in [5.41, 5.74) is 6.77. The quantitative estimate of drug-likeness (QED) is 0.797. The molecule has 80 valence electrons. The summed E-state index contributed by atoms with van der Waals surface area (Å²) in [4.78, 5) is 15.5. The first-order chi connectivity index (χ1) is 7.27. The van der Waals surface area contributed by atoms with E-state index in [2.05, 4.69) is 4.98 Å². The van der Waals surface area contributed by atoms with Crippen LogP contribution in [0.2, 0.25) is 0 Å². The Bertz CT molecular complexity index is 358. The predicted molar refractivity (Wildman–Crippen MR) is 59.3 cm³/mol. The first-order valence-electron chi connectivity index (χ1n) is 5.49. The van der Waals surface area contributed by atoms with Crippen molar-refractivity contribution in [3.63, 3.8) is 0 Å². The van der Waals surface area contributed by atoms with Crippen molar-refractivity contribution in [3.8, 4) is 0 Å². The summed E-state index contributed by atoms with van der Waals surface area (Å²) in [5, 5.41) is 0. The van der Waals surface area contributed by atoms with Gasteiger partial charge in [0.2, 0.25) is 0 Å². The van der Waals surface area contributed by atoms with Crippen molar-refractivity contribution in [1.29, 1.82) is 0 Å². The van der Waals surface area contributed by atoms with E-state index in [0.29, 0.717) is 23.9 Å². The second-order valence-electron chi connectivity index (χ2n) is 4.14. The molecule has 2 N–H and O–H groups in total. The first-order valence-corrected chi connectivity index (χ1v) is 5.49. The predicted octanol–water partition coefficient (Wildman–Crippen LogP) is 1.97. The van der Waals surface area contributed by atoms with Crippen LogP contribution in [0.25, 0.3) is 0 Å². The third-order valence-electron chi connectivity index (χ3n) is 2.83. The fourth-order valence-corrected chi connectivity index (χ4v) is 1.72. The van der Waals surface area contributed by atoms with E-state index in [1.54, 1.807) is 6.20 Å². The third-order valence-corrected chi connectivity index (χ3v) is 2.83. The van der Waals surface area contributed by atoms with Gasteiger partial charge >= 0.3 is 0 Å². The largest absolute Gasteiger partial charge is 0.383 e. The number of nitrogens with two attached hydrogens (primary N) is 1. The molecule has 0 bridgehead atoms. The Balaban J connectivity index is 1.78. The first kappa shape index (κ1) is 10.1. The second kappa shape index (κ2) is 4.43. The van der Waals surface area contributed by atoms with E-state index in [1.165, 1.54) is 0 Å². The van der Waals surface area contributed by atoms with E-state index in [-0.39, 0.29) is 0 Å². The van der Waals surface area contributed by atoms with Crippen molar-refractivity contribution in [2.75, 3.05) is 5.73 Å². The minimum absolute atomic E-state index is 0.385. The number of aromatic nitrogens is 1. The third kappa shape index (κ3) is 2.78. The number of nitrogens with zero attached hydrogens (tertiary/aromatic N) is 1. The Morgan fingerprint density at radius 1 is 1.53 bits per heavy atom. The number of hydrogen-bond donors (Lipinski definition) is 1. The molecule has 1 aromatic heterocycles. The van der Waals surface area contributed by atoms with Crippen molar-refractivity contribution >= 4 is 11.6 Å². The van der Waals surface area contributed by atoms with Crippen LogP contribution in [-0.4, -0.2) is 10.8 Å². The fraction of sp³-hybridized carbons (Fsp3) is 0.500. The smallest absolute Gasteiger partial charge is 0.135 e. The molecular formula is C12H16N2O. The number of anilines is 1. The maximum absolute atomic E-state index is 11.4. The lowest BCUT2D eigenvalue weighted by atomic mass is 10.1. The zero-order chi connectivity index (χ0) is 10.7. The minimum Gasteiger partial charge on any atom is -0.383 e. The van der Waals surface area contributed by atoms with Crippen LogP contribution in [0.3, 0.4) is 0 Å². The number of carbonyl (C=O) groups excluding carboxylic acids is 1. The minimum atomic E-state index is 0.385. The van der Waals surface area contributed by atoms with Crippen LogP contribution in [0.1, 0.15) is 31.2 Å². The molecule has 1 aliphatic rings. The van der Waals surface area contributed by atoms with Crippen molar-refractivity contribution in [1.82, 2.24) is 4.98 Å². The van der Waals surface area contributed by atoms with Crippen molar-refractivity contribution in [3.05, 3.63) is 23.9 Å². The summed E-state index contributed by atoms with van der Waals surface area (Å²) < 4.78 is 0. The molecular weight excluding hydrogens is 188 g/mol. The SMILES string of the molecule is Nc1ncccc1CCCC(=O)C1CC1. The van der Waals surface area contributed by atoms with Gasteiger partial charge in [-0.25, -0.2) is 4.98 Å². The second-order valence-corrected chi connectivity index (χ2v) is 4.14. The summed E-state index contributed by atoms with van der Waals surface area (Å²) in [5.74, 6) is 1.41. The number of pyridine rings is 1. The maximum Gasteiger partial charge on any atom is 0.135 e. The molecule has 3 heteroatoms. The number of ketones is 1. The lowest BCUT2D eigenvalue weighted by Crippen LogP contribution is -2.02.